The van der Waals surface area contributed by atoms with E-state index in [1.165, 1.54) is 6.07 Å². The lowest BCUT2D eigenvalue weighted by molar-refractivity contribution is -0.228. The Morgan fingerprint density at radius 1 is 1.05 bits per heavy atom. The summed E-state index contributed by atoms with van der Waals surface area (Å²) in [5.41, 5.74) is -3.78. The summed E-state index contributed by atoms with van der Waals surface area (Å²) in [7, 11) is -4.30. The largest absolute Gasteiger partial charge is 0.481 e. The third-order valence-electron chi connectivity index (χ3n) is 9.36. The van der Waals surface area contributed by atoms with Crippen molar-refractivity contribution in [2.24, 2.45) is 23.7 Å². The zero-order valence-electron chi connectivity index (χ0n) is 22.2. The molecule has 5 rings (SSSR count). The number of hydrogen-bond acceptors (Lipinski definition) is 4. The number of amides is 1. The maximum absolute atomic E-state index is 14.9. The topological polar surface area (TPSA) is 101 Å². The van der Waals surface area contributed by atoms with Gasteiger partial charge in [0.2, 0.25) is 11.6 Å². The fourth-order valence-electron chi connectivity index (χ4n) is 6.93. The molecule has 2 aromatic rings. The van der Waals surface area contributed by atoms with Crippen molar-refractivity contribution < 1.29 is 45.1 Å². The van der Waals surface area contributed by atoms with Gasteiger partial charge in [-0.1, -0.05) is 18.2 Å². The first-order valence-corrected chi connectivity index (χ1v) is 15.0. The number of aliphatic carboxylic acids is 1. The molecule has 0 saturated heterocycles. The molecule has 2 fully saturated rings. The molecule has 2 saturated carbocycles. The van der Waals surface area contributed by atoms with E-state index in [4.69, 9.17) is 5.11 Å². The highest BCUT2D eigenvalue weighted by molar-refractivity contribution is 7.92. The summed E-state index contributed by atoms with van der Waals surface area (Å²) in [6.07, 6.45) is -3.81. The molecule has 1 unspecified atom stereocenters. The van der Waals surface area contributed by atoms with Crippen molar-refractivity contribution in [3.63, 3.8) is 0 Å². The number of aryl methyl sites for hydroxylation is 1. The Hall–Kier alpha value is -3.02. The highest BCUT2D eigenvalue weighted by atomic mass is 32.2. The third-order valence-corrected chi connectivity index (χ3v) is 11.9. The standard InChI is InChI=1S/C29H30F5NO5S/c1-27(31,29(32,33)34)19-3-9-23-17(14-19)2-8-24-22(25(36)35-15-16-12-18(13-16)26(37)38)10-11-28(23,24)41(39,40)21-6-4-20(30)5-7-21/h3-7,9,14,16,18,22,24H,2,8,10-13,15H2,1H3,(H,35,36)(H,37,38)/t16?,18?,22-,24+,27?,28-/m1/s1. The van der Waals surface area contributed by atoms with Crippen molar-refractivity contribution in [1.29, 1.82) is 0 Å². The van der Waals surface area contributed by atoms with Crippen LogP contribution in [0.15, 0.2) is 47.4 Å². The Labute approximate surface area is 234 Å². The molecule has 3 aliphatic carbocycles. The van der Waals surface area contributed by atoms with Crippen LogP contribution in [-0.2, 0) is 36.3 Å². The number of carboxylic acids is 1. The van der Waals surface area contributed by atoms with Gasteiger partial charge in [0.25, 0.3) is 0 Å². The third kappa shape index (κ3) is 4.71. The van der Waals surface area contributed by atoms with E-state index in [1.54, 1.807) is 0 Å². The van der Waals surface area contributed by atoms with E-state index >= 15 is 0 Å². The first-order chi connectivity index (χ1) is 19.1. The van der Waals surface area contributed by atoms with E-state index in [1.807, 2.05) is 0 Å². The van der Waals surface area contributed by atoms with Gasteiger partial charge >= 0.3 is 12.1 Å². The summed E-state index contributed by atoms with van der Waals surface area (Å²) >= 11 is 0. The van der Waals surface area contributed by atoms with Gasteiger partial charge in [-0.05, 0) is 98.2 Å². The summed E-state index contributed by atoms with van der Waals surface area (Å²) in [4.78, 5) is 24.3. The van der Waals surface area contributed by atoms with E-state index in [2.05, 4.69) is 5.32 Å². The molecule has 0 heterocycles. The molecule has 6 nitrogen and oxygen atoms in total. The highest BCUT2D eigenvalue weighted by Crippen LogP contribution is 2.59. The zero-order valence-corrected chi connectivity index (χ0v) is 23.0. The molecule has 1 amide bonds. The average molecular weight is 600 g/mol. The van der Waals surface area contributed by atoms with Gasteiger partial charge in [0, 0.05) is 12.5 Å². The first kappa shape index (κ1) is 29.5. The number of benzene rings is 2. The summed E-state index contributed by atoms with van der Waals surface area (Å²) in [6.45, 7) is 0.679. The van der Waals surface area contributed by atoms with Crippen LogP contribution in [0.4, 0.5) is 22.0 Å². The van der Waals surface area contributed by atoms with E-state index in [9.17, 15) is 40.0 Å². The number of carboxylic acid groups (broad SMARTS) is 1. The van der Waals surface area contributed by atoms with Crippen molar-refractivity contribution in [3.05, 3.63) is 65.0 Å². The van der Waals surface area contributed by atoms with E-state index in [0.29, 0.717) is 19.8 Å². The fourth-order valence-corrected chi connectivity index (χ4v) is 9.40. The second-order valence-corrected chi connectivity index (χ2v) is 13.8. The molecular weight excluding hydrogens is 569 g/mol. The number of carbonyl (C=O) groups excluding carboxylic acids is 1. The van der Waals surface area contributed by atoms with Gasteiger partial charge in [-0.2, -0.15) is 13.2 Å². The Bertz CT molecular complexity index is 1470. The van der Waals surface area contributed by atoms with Gasteiger partial charge in [-0.3, -0.25) is 9.59 Å². The maximum atomic E-state index is 14.9. The minimum absolute atomic E-state index is 0.00150. The molecule has 0 radical (unpaired) electrons. The normalized spacial score (nSPS) is 29.0. The number of rotatable bonds is 7. The van der Waals surface area contributed by atoms with Gasteiger partial charge in [-0.25, -0.2) is 17.2 Å². The smallest absolute Gasteiger partial charge is 0.426 e. The molecule has 0 aromatic heterocycles. The summed E-state index contributed by atoms with van der Waals surface area (Å²) in [5.74, 6) is -3.79. The van der Waals surface area contributed by atoms with Crippen molar-refractivity contribution in [3.8, 4) is 0 Å². The molecule has 41 heavy (non-hydrogen) atoms. The van der Waals surface area contributed by atoms with Crippen molar-refractivity contribution in [2.45, 2.75) is 66.9 Å². The molecule has 0 aliphatic heterocycles. The second kappa shape index (κ2) is 10.1. The monoisotopic (exact) mass is 599 g/mol. The number of sulfone groups is 1. The molecular formula is C29H30F5NO5S. The van der Waals surface area contributed by atoms with Crippen LogP contribution in [0, 0.1) is 29.5 Å². The van der Waals surface area contributed by atoms with Crippen LogP contribution in [0.2, 0.25) is 0 Å². The van der Waals surface area contributed by atoms with Crippen molar-refractivity contribution >= 4 is 21.7 Å². The molecule has 3 aliphatic rings. The predicted molar refractivity (Wildman–Crippen MR) is 138 cm³/mol. The highest BCUT2D eigenvalue weighted by Gasteiger charge is 2.62. The second-order valence-electron chi connectivity index (χ2n) is 11.6. The van der Waals surface area contributed by atoms with Gasteiger partial charge < -0.3 is 10.4 Å². The SMILES string of the molecule is CC(F)(c1ccc2c(c1)CC[C@H]1[C@H](C(=O)NCC3CC(C(=O)O)C3)CC[C@@]21S(=O)(=O)c1ccc(F)cc1)C(F)(F)F. The minimum Gasteiger partial charge on any atom is -0.481 e. The predicted octanol–water partition coefficient (Wildman–Crippen LogP) is 5.44. The molecule has 4 atom stereocenters. The maximum Gasteiger partial charge on any atom is 0.426 e. The number of fused-ring (bicyclic) bond motifs is 3. The molecule has 2 N–H and O–H groups in total. The van der Waals surface area contributed by atoms with Gasteiger partial charge in [0.15, 0.2) is 9.84 Å². The summed E-state index contributed by atoms with van der Waals surface area (Å²) in [6, 6.07) is 7.54. The molecule has 12 heteroatoms. The fraction of sp³-hybridized carbons (Fsp3) is 0.517. The first-order valence-electron chi connectivity index (χ1n) is 13.5. The zero-order chi connectivity index (χ0) is 30.0. The summed E-state index contributed by atoms with van der Waals surface area (Å²) < 4.78 is 95.9. The van der Waals surface area contributed by atoms with Crippen molar-refractivity contribution in [1.82, 2.24) is 5.32 Å². The molecule has 0 spiro atoms. The lowest BCUT2D eigenvalue weighted by atomic mass is 9.72. The quantitative estimate of drug-likeness (QED) is 0.326. The van der Waals surface area contributed by atoms with E-state index in [0.717, 1.165) is 36.4 Å². The lowest BCUT2D eigenvalue weighted by Gasteiger charge is -2.42. The number of alkyl halides is 4. The van der Waals surface area contributed by atoms with E-state index in [-0.39, 0.29) is 60.1 Å². The van der Waals surface area contributed by atoms with Crippen LogP contribution in [0.1, 0.15) is 55.7 Å². The Balaban J connectivity index is 1.52. The van der Waals surface area contributed by atoms with Gasteiger partial charge in [0.05, 0.1) is 10.8 Å². The number of hydrogen-bond donors (Lipinski definition) is 2. The Morgan fingerprint density at radius 2 is 1.71 bits per heavy atom. The van der Waals surface area contributed by atoms with Crippen LogP contribution < -0.4 is 5.32 Å². The van der Waals surface area contributed by atoms with Crippen molar-refractivity contribution in [2.75, 3.05) is 6.54 Å². The van der Waals surface area contributed by atoms with Gasteiger partial charge in [-0.15, -0.1) is 0 Å². The molecule has 2 aromatic carbocycles. The number of carbonyl (C=O) groups is 2. The summed E-state index contributed by atoms with van der Waals surface area (Å²) in [5, 5.41) is 11.9. The van der Waals surface area contributed by atoms with Crippen LogP contribution >= 0.6 is 0 Å². The Morgan fingerprint density at radius 3 is 2.32 bits per heavy atom. The molecule has 0 bridgehead atoms. The number of halogens is 5. The van der Waals surface area contributed by atoms with Crippen LogP contribution in [0.3, 0.4) is 0 Å². The van der Waals surface area contributed by atoms with Crippen LogP contribution in [0.25, 0.3) is 0 Å². The number of nitrogens with one attached hydrogen (secondary N) is 1. The minimum atomic E-state index is -5.18. The van der Waals surface area contributed by atoms with E-state index < -0.39 is 61.5 Å². The average Bonchev–Trinajstić information content (AvgIpc) is 3.28. The molecule has 222 valence electrons. The lowest BCUT2D eigenvalue weighted by Crippen LogP contribution is -2.48. The van der Waals surface area contributed by atoms with Crippen LogP contribution in [0.5, 0.6) is 0 Å². The Kier molecular flexibility index (Phi) is 7.23. The van der Waals surface area contributed by atoms with Crippen LogP contribution in [-0.4, -0.2) is 38.1 Å². The van der Waals surface area contributed by atoms with Gasteiger partial charge in [0.1, 0.15) is 10.6 Å².